The summed E-state index contributed by atoms with van der Waals surface area (Å²) in [5.41, 5.74) is 2.78. The Hall–Kier alpha value is -2.28. The van der Waals surface area contributed by atoms with Crippen LogP contribution in [-0.4, -0.2) is 11.5 Å². The molecule has 1 heterocycles. The van der Waals surface area contributed by atoms with Crippen molar-refractivity contribution < 1.29 is 4.42 Å². The van der Waals surface area contributed by atoms with E-state index < -0.39 is 0 Å². The molecule has 0 radical (unpaired) electrons. The highest BCUT2D eigenvalue weighted by Crippen LogP contribution is 2.25. The first-order valence-corrected chi connectivity index (χ1v) is 5.86. The maximum absolute atomic E-state index is 7.05. The minimum atomic E-state index is 0.639. The predicted octanol–water partition coefficient (Wildman–Crippen LogP) is 3.56. The molecule has 4 heteroatoms. The first-order chi connectivity index (χ1) is 8.74. The van der Waals surface area contributed by atoms with Crippen LogP contribution in [0.15, 0.2) is 35.1 Å². The summed E-state index contributed by atoms with van der Waals surface area (Å²) in [7, 11) is 0. The molecular formula is C14H15N3O. The highest BCUT2D eigenvalue weighted by molar-refractivity contribution is 5.60. The van der Waals surface area contributed by atoms with Crippen LogP contribution < -0.4 is 4.90 Å². The summed E-state index contributed by atoms with van der Waals surface area (Å²) in [6.45, 7) is 12.6. The molecule has 1 aromatic carbocycles. The largest absolute Gasteiger partial charge is 0.447 e. The van der Waals surface area contributed by atoms with Gasteiger partial charge in [0.05, 0.1) is 19.3 Å². The molecule has 2 rings (SSSR count). The fourth-order valence-corrected chi connectivity index (χ4v) is 1.84. The van der Waals surface area contributed by atoms with Gasteiger partial charge in [-0.05, 0) is 31.5 Å². The normalized spacial score (nSPS) is 10.1. The Bertz CT molecular complexity index is 555. The molecule has 4 nitrogen and oxygen atoms in total. The Labute approximate surface area is 107 Å². The van der Waals surface area contributed by atoms with Crippen molar-refractivity contribution in [2.45, 2.75) is 20.4 Å². The Balaban J connectivity index is 2.23. The molecule has 1 aromatic heterocycles. The lowest BCUT2D eigenvalue weighted by Gasteiger charge is -2.22. The van der Waals surface area contributed by atoms with Gasteiger partial charge in [-0.3, -0.25) is 0 Å². The first kappa shape index (κ1) is 12.2. The second-order valence-electron chi connectivity index (χ2n) is 4.02. The third kappa shape index (κ3) is 2.51. The smallest absolute Gasteiger partial charge is 0.213 e. The number of benzene rings is 1. The van der Waals surface area contributed by atoms with Gasteiger partial charge in [0.25, 0.3) is 0 Å². The van der Waals surface area contributed by atoms with E-state index in [1.165, 1.54) is 0 Å². The van der Waals surface area contributed by atoms with Crippen molar-refractivity contribution in [2.75, 3.05) is 11.4 Å². The fraction of sp³-hybridized carbons (Fsp3) is 0.286. The van der Waals surface area contributed by atoms with E-state index in [2.05, 4.69) is 21.7 Å². The molecule has 0 saturated heterocycles. The van der Waals surface area contributed by atoms with E-state index in [4.69, 9.17) is 11.0 Å². The topological polar surface area (TPSA) is 33.6 Å². The van der Waals surface area contributed by atoms with Gasteiger partial charge in [-0.15, -0.1) is 0 Å². The lowest BCUT2D eigenvalue weighted by molar-refractivity contribution is 0.489. The monoisotopic (exact) mass is 241 g/mol. The minimum Gasteiger partial charge on any atom is -0.447 e. The van der Waals surface area contributed by atoms with E-state index in [1.807, 2.05) is 25.1 Å². The summed E-state index contributed by atoms with van der Waals surface area (Å²) in [6.07, 6.45) is 3.23. The highest BCUT2D eigenvalue weighted by atomic mass is 16.3. The third-order valence-corrected chi connectivity index (χ3v) is 2.86. The fourth-order valence-electron chi connectivity index (χ4n) is 1.84. The second kappa shape index (κ2) is 5.37. The van der Waals surface area contributed by atoms with Crippen molar-refractivity contribution >= 4 is 11.4 Å². The molecule has 0 fully saturated rings. The zero-order chi connectivity index (χ0) is 13.0. The van der Waals surface area contributed by atoms with Crippen LogP contribution in [0.3, 0.4) is 0 Å². The van der Waals surface area contributed by atoms with Crippen molar-refractivity contribution in [1.29, 1.82) is 0 Å². The summed E-state index contributed by atoms with van der Waals surface area (Å²) in [6, 6.07) is 5.85. The Kier molecular flexibility index (Phi) is 3.63. The van der Waals surface area contributed by atoms with E-state index in [9.17, 15) is 0 Å². The number of nitrogens with zero attached hydrogens (tertiary/aromatic N) is 3. The minimum absolute atomic E-state index is 0.639. The van der Waals surface area contributed by atoms with Gasteiger partial charge in [0.1, 0.15) is 6.26 Å². The van der Waals surface area contributed by atoms with Crippen molar-refractivity contribution in [2.24, 2.45) is 0 Å². The van der Waals surface area contributed by atoms with Crippen LogP contribution >= 0.6 is 0 Å². The third-order valence-electron chi connectivity index (χ3n) is 2.86. The van der Waals surface area contributed by atoms with Gasteiger partial charge in [-0.2, -0.15) is 0 Å². The number of aryl methyl sites for hydroxylation is 1. The number of hydrogen-bond donors (Lipinski definition) is 0. The SMILES string of the molecule is [C-]#[N+]c1ccc(N(CC)Cc2ncco2)cc1C. The van der Waals surface area contributed by atoms with Gasteiger partial charge in [-0.1, -0.05) is 6.07 Å². The summed E-state index contributed by atoms with van der Waals surface area (Å²) < 4.78 is 5.26. The zero-order valence-corrected chi connectivity index (χ0v) is 10.6. The number of hydrogen-bond acceptors (Lipinski definition) is 3. The van der Waals surface area contributed by atoms with E-state index in [-0.39, 0.29) is 0 Å². The molecule has 0 spiro atoms. The molecule has 0 unspecified atom stereocenters. The van der Waals surface area contributed by atoms with Gasteiger partial charge < -0.3 is 9.32 Å². The van der Waals surface area contributed by atoms with Crippen LogP contribution in [0.4, 0.5) is 11.4 Å². The second-order valence-corrected chi connectivity index (χ2v) is 4.02. The van der Waals surface area contributed by atoms with Crippen LogP contribution in [-0.2, 0) is 6.54 Å². The van der Waals surface area contributed by atoms with Crippen molar-refractivity contribution in [1.82, 2.24) is 4.98 Å². The molecule has 92 valence electrons. The Morgan fingerprint density at radius 3 is 2.83 bits per heavy atom. The molecular weight excluding hydrogens is 226 g/mol. The van der Waals surface area contributed by atoms with Crippen LogP contribution in [0.25, 0.3) is 4.85 Å². The zero-order valence-electron chi connectivity index (χ0n) is 10.6. The molecule has 0 N–H and O–H groups in total. The maximum atomic E-state index is 7.05. The first-order valence-electron chi connectivity index (χ1n) is 5.86. The van der Waals surface area contributed by atoms with Gasteiger partial charge in [-0.25, -0.2) is 9.83 Å². The molecule has 2 aromatic rings. The standard InChI is InChI=1S/C14H15N3O/c1-4-17(10-14-16-7-8-18-14)12-5-6-13(15-3)11(2)9-12/h5-9H,4,10H2,1-2H3. The van der Waals surface area contributed by atoms with Gasteiger partial charge in [0.15, 0.2) is 5.69 Å². The summed E-state index contributed by atoms with van der Waals surface area (Å²) in [5.74, 6) is 0.698. The summed E-state index contributed by atoms with van der Waals surface area (Å²) in [5, 5.41) is 0. The van der Waals surface area contributed by atoms with Crippen molar-refractivity contribution in [3.05, 3.63) is 53.5 Å². The number of oxazole rings is 1. The molecule has 0 saturated carbocycles. The Morgan fingerprint density at radius 1 is 1.44 bits per heavy atom. The van der Waals surface area contributed by atoms with E-state index in [1.54, 1.807) is 12.5 Å². The van der Waals surface area contributed by atoms with E-state index >= 15 is 0 Å². The number of aromatic nitrogens is 1. The maximum Gasteiger partial charge on any atom is 0.213 e. The van der Waals surface area contributed by atoms with Gasteiger partial charge in [0, 0.05) is 12.2 Å². The van der Waals surface area contributed by atoms with Crippen LogP contribution in [0.2, 0.25) is 0 Å². The molecule has 0 aliphatic rings. The van der Waals surface area contributed by atoms with Crippen LogP contribution in [0.5, 0.6) is 0 Å². The highest BCUT2D eigenvalue weighted by Gasteiger charge is 2.09. The van der Waals surface area contributed by atoms with Gasteiger partial charge in [0.2, 0.25) is 5.89 Å². The molecule has 0 bridgehead atoms. The van der Waals surface area contributed by atoms with Crippen LogP contribution in [0, 0.1) is 13.5 Å². The summed E-state index contributed by atoms with van der Waals surface area (Å²) in [4.78, 5) is 9.76. The molecule has 0 atom stereocenters. The van der Waals surface area contributed by atoms with E-state index in [0.29, 0.717) is 18.1 Å². The van der Waals surface area contributed by atoms with Crippen molar-refractivity contribution in [3.63, 3.8) is 0 Å². The quantitative estimate of drug-likeness (QED) is 0.767. The predicted molar refractivity (Wildman–Crippen MR) is 70.7 cm³/mol. The Morgan fingerprint density at radius 2 is 2.28 bits per heavy atom. The molecule has 0 amide bonds. The molecule has 0 aliphatic heterocycles. The van der Waals surface area contributed by atoms with E-state index in [0.717, 1.165) is 17.8 Å². The average Bonchev–Trinajstić information content (AvgIpc) is 2.88. The lowest BCUT2D eigenvalue weighted by Crippen LogP contribution is -2.22. The average molecular weight is 241 g/mol. The van der Waals surface area contributed by atoms with Gasteiger partial charge >= 0.3 is 0 Å². The summed E-state index contributed by atoms with van der Waals surface area (Å²) >= 11 is 0. The number of anilines is 1. The lowest BCUT2D eigenvalue weighted by atomic mass is 10.1. The molecule has 0 aliphatic carbocycles. The molecule has 18 heavy (non-hydrogen) atoms. The van der Waals surface area contributed by atoms with Crippen molar-refractivity contribution in [3.8, 4) is 0 Å². The number of rotatable bonds is 4. The van der Waals surface area contributed by atoms with Crippen LogP contribution in [0.1, 0.15) is 18.4 Å².